The number of hydrogen-bond acceptors (Lipinski definition) is 6. The van der Waals surface area contributed by atoms with Crippen molar-refractivity contribution in [3.63, 3.8) is 0 Å². The van der Waals surface area contributed by atoms with Gasteiger partial charge in [0.05, 0.1) is 0 Å². The van der Waals surface area contributed by atoms with Crippen molar-refractivity contribution in [2.45, 2.75) is 490 Å². The summed E-state index contributed by atoms with van der Waals surface area (Å²) in [6.07, 6.45) is 97.4. The van der Waals surface area contributed by atoms with E-state index in [4.69, 9.17) is 0 Å². The normalized spacial score (nSPS) is 11.5. The summed E-state index contributed by atoms with van der Waals surface area (Å²) < 4.78 is 0. The molecule has 0 aliphatic carbocycles. The second-order valence-corrected chi connectivity index (χ2v) is 29.3. The van der Waals surface area contributed by atoms with E-state index in [2.05, 4.69) is 37.5 Å². The molecule has 0 heterocycles. The Bertz CT molecular complexity index is 1130. The predicted octanol–water partition coefficient (Wildman–Crippen LogP) is 25.9. The molecule has 0 aliphatic heterocycles. The van der Waals surface area contributed by atoms with Crippen molar-refractivity contribution in [2.75, 3.05) is 39.3 Å². The molecule has 0 saturated heterocycles. The number of carboxylic acids is 2. The van der Waals surface area contributed by atoms with Gasteiger partial charge in [-0.3, -0.25) is 0 Å². The van der Waals surface area contributed by atoms with Crippen LogP contribution in [-0.4, -0.2) is 98.7 Å². The van der Waals surface area contributed by atoms with Crippen molar-refractivity contribution in [1.82, 2.24) is 9.80 Å². The summed E-state index contributed by atoms with van der Waals surface area (Å²) in [7, 11) is 0. The van der Waals surface area contributed by atoms with Crippen LogP contribution in [0.4, 0.5) is 0 Å². The fourth-order valence-corrected chi connectivity index (χ4v) is 13.8. The maximum atomic E-state index is 10.7. The van der Waals surface area contributed by atoms with Crippen molar-refractivity contribution in [3.05, 3.63) is 0 Å². The molecule has 0 aromatic carbocycles. The molecule has 0 rings (SSSR count). The molecule has 6 nitrogen and oxygen atoms in total. The van der Waals surface area contributed by atoms with Crippen LogP contribution in [0.1, 0.15) is 490 Å². The van der Waals surface area contributed by atoms with Crippen LogP contribution in [0.5, 0.6) is 0 Å². The van der Waals surface area contributed by atoms with Crippen LogP contribution in [0.3, 0.4) is 0 Å². The fraction of sp³-hybridized carbons (Fsp3) is 0.976. The molecular weight excluding hydrogens is 1140 g/mol. The van der Waals surface area contributed by atoms with Crippen LogP contribution < -0.4 is 10.2 Å². The van der Waals surface area contributed by atoms with Gasteiger partial charge >= 0.3 is 37.7 Å². The van der Waals surface area contributed by atoms with E-state index >= 15 is 0 Å². The molecule has 0 unspecified atom stereocenters. The first-order chi connectivity index (χ1) is 44.4. The van der Waals surface area contributed by atoms with E-state index in [1.54, 1.807) is 0 Å². The van der Waals surface area contributed by atoms with Gasteiger partial charge in [-0.15, -0.1) is 0 Å². The Labute approximate surface area is 604 Å². The van der Waals surface area contributed by atoms with Gasteiger partial charge in [0.15, 0.2) is 0 Å². The molecule has 0 fully saturated rings. The number of rotatable bonds is 80. The molecule has 0 N–H and O–H groups in total. The number of aliphatic carboxylic acids is 2. The van der Waals surface area contributed by atoms with Gasteiger partial charge in [-0.1, -0.05) is 426 Å². The molecule has 0 aliphatic rings. The van der Waals surface area contributed by atoms with E-state index in [1.807, 2.05) is 0 Å². The van der Waals surface area contributed by atoms with E-state index in [1.165, 1.54) is 437 Å². The Morgan fingerprint density at radius 1 is 0.176 bits per heavy atom. The minimum absolute atomic E-state index is 0. The predicted molar refractivity (Wildman–Crippen MR) is 404 cm³/mol. The molecular formula is C84H168CaN2O4. The molecule has 0 aromatic heterocycles. The van der Waals surface area contributed by atoms with Gasteiger partial charge in [-0.2, -0.15) is 0 Å². The SMILES string of the molecule is CCCCCCCCCCCCCCCCCCN(CCCCCCCCCCCCCCCCCC)CCCCCC(=O)[O-].CCCCCCCCCCCCCCCCCCN(CCCCCCCCCCCCCCCCCC)CCCCCC(=O)[O-].[Ca+2]. The van der Waals surface area contributed by atoms with Crippen LogP contribution in [0.2, 0.25) is 0 Å². The second-order valence-electron chi connectivity index (χ2n) is 29.3. The minimum Gasteiger partial charge on any atom is -0.550 e. The summed E-state index contributed by atoms with van der Waals surface area (Å²) in [5.41, 5.74) is 0. The van der Waals surface area contributed by atoms with Gasteiger partial charge in [0.25, 0.3) is 0 Å². The monoisotopic (exact) mass is 1310 g/mol. The number of hydrogen-bond donors (Lipinski definition) is 0. The van der Waals surface area contributed by atoms with Crippen molar-refractivity contribution in [3.8, 4) is 0 Å². The Kier molecular flexibility index (Phi) is 92.3. The first-order valence-electron chi connectivity index (χ1n) is 42.2. The zero-order valence-corrected chi connectivity index (χ0v) is 65.6. The molecule has 7 heteroatoms. The number of nitrogens with zero attached hydrogens (tertiary/aromatic N) is 2. The van der Waals surface area contributed by atoms with Gasteiger partial charge < -0.3 is 29.6 Å². The topological polar surface area (TPSA) is 86.7 Å². The smallest absolute Gasteiger partial charge is 0.550 e. The maximum Gasteiger partial charge on any atom is 2.00 e. The molecule has 0 bridgehead atoms. The van der Waals surface area contributed by atoms with E-state index < -0.39 is 11.9 Å². The van der Waals surface area contributed by atoms with Crippen LogP contribution in [-0.2, 0) is 9.59 Å². The average Bonchev–Trinajstić information content (AvgIpc) is 3.57. The number of unbranched alkanes of at least 4 members (excludes halogenated alkanes) is 64. The van der Waals surface area contributed by atoms with Crippen LogP contribution in [0, 0.1) is 0 Å². The molecule has 0 amide bonds. The fourth-order valence-electron chi connectivity index (χ4n) is 13.8. The summed E-state index contributed by atoms with van der Waals surface area (Å²) >= 11 is 0. The summed E-state index contributed by atoms with van der Waals surface area (Å²) in [4.78, 5) is 26.8. The summed E-state index contributed by atoms with van der Waals surface area (Å²) in [5.74, 6) is -1.79. The van der Waals surface area contributed by atoms with Crippen LogP contribution in [0.15, 0.2) is 0 Å². The minimum atomic E-state index is -0.895. The summed E-state index contributed by atoms with van der Waals surface area (Å²) in [6.45, 7) is 16.4. The zero-order chi connectivity index (χ0) is 65.5. The third-order valence-electron chi connectivity index (χ3n) is 20.0. The number of carboxylic acid groups (broad SMARTS) is 2. The second kappa shape index (κ2) is 88.1. The standard InChI is InChI=1S/2C42H85NO2.Ca/c2*1-3-5-7-9-11-13-15-17-19-21-23-25-27-29-31-35-39-43(41-37-33-34-38-42(44)45)40-36-32-30-28-26-24-22-20-18-16-14-12-10-8-6-4-2;/h2*3-41H2,1-2H3,(H,44,45);/q;;+2/p-2. The number of carbonyl (C=O) groups excluding carboxylic acids is 2. The number of carbonyl (C=O) groups is 2. The largest absolute Gasteiger partial charge is 2.00 e. The van der Waals surface area contributed by atoms with Crippen molar-refractivity contribution in [1.29, 1.82) is 0 Å². The third-order valence-corrected chi connectivity index (χ3v) is 20.0. The van der Waals surface area contributed by atoms with Crippen molar-refractivity contribution < 1.29 is 19.8 Å². The molecule has 91 heavy (non-hydrogen) atoms. The molecule has 0 atom stereocenters. The van der Waals surface area contributed by atoms with Gasteiger partial charge in [0, 0.05) is 11.9 Å². The average molecular weight is 1310 g/mol. The molecule has 0 saturated carbocycles. The quantitative estimate of drug-likeness (QED) is 0.0445. The van der Waals surface area contributed by atoms with Crippen molar-refractivity contribution in [2.24, 2.45) is 0 Å². The van der Waals surface area contributed by atoms with Gasteiger partial charge in [0.1, 0.15) is 0 Å². The van der Waals surface area contributed by atoms with E-state index in [9.17, 15) is 19.8 Å². The van der Waals surface area contributed by atoms with E-state index in [-0.39, 0.29) is 50.6 Å². The zero-order valence-electron chi connectivity index (χ0n) is 63.4. The van der Waals surface area contributed by atoms with Crippen LogP contribution >= 0.6 is 0 Å². The van der Waals surface area contributed by atoms with Gasteiger partial charge in [-0.25, -0.2) is 0 Å². The first-order valence-corrected chi connectivity index (χ1v) is 42.2. The Balaban J connectivity index is -0.00000168. The van der Waals surface area contributed by atoms with Crippen molar-refractivity contribution >= 4 is 49.7 Å². The molecule has 0 aromatic rings. The summed E-state index contributed by atoms with van der Waals surface area (Å²) in [6, 6.07) is 0. The maximum absolute atomic E-state index is 10.7. The Morgan fingerprint density at radius 2 is 0.275 bits per heavy atom. The van der Waals surface area contributed by atoms with E-state index in [0.29, 0.717) is 0 Å². The molecule has 540 valence electrons. The summed E-state index contributed by atoms with van der Waals surface area (Å²) in [5, 5.41) is 21.5. The first kappa shape index (κ1) is 95.3. The Hall–Kier alpha value is 0.120. The van der Waals surface area contributed by atoms with Gasteiger partial charge in [-0.05, 0) is 103 Å². The van der Waals surface area contributed by atoms with Crippen LogP contribution in [0.25, 0.3) is 0 Å². The van der Waals surface area contributed by atoms with Gasteiger partial charge in [0.2, 0.25) is 0 Å². The molecule has 0 radical (unpaired) electrons. The third kappa shape index (κ3) is 90.1. The Morgan fingerprint density at radius 3 is 0.385 bits per heavy atom. The molecule has 0 spiro atoms. The van der Waals surface area contributed by atoms with E-state index in [0.717, 1.165) is 51.6 Å².